The lowest BCUT2D eigenvalue weighted by Crippen LogP contribution is -2.49. The van der Waals surface area contributed by atoms with Crippen LogP contribution in [-0.4, -0.2) is 52.8 Å². The first-order chi connectivity index (χ1) is 9.82. The van der Waals surface area contributed by atoms with E-state index in [1.54, 1.807) is 17.5 Å². The van der Waals surface area contributed by atoms with Gasteiger partial charge in [0.15, 0.2) is 0 Å². The van der Waals surface area contributed by atoms with Crippen molar-refractivity contribution in [3.8, 4) is 0 Å². The first-order valence-electron chi connectivity index (χ1n) is 7.53. The molecule has 0 N–H and O–H groups in total. The van der Waals surface area contributed by atoms with Crippen LogP contribution in [0.5, 0.6) is 0 Å². The minimum atomic E-state index is -3.34. The molecule has 0 aromatic carbocycles. The third-order valence-corrected chi connectivity index (χ3v) is 6.41. The van der Waals surface area contributed by atoms with Gasteiger partial charge in [0.25, 0.3) is 10.2 Å². The molecule has 2 rings (SSSR count). The van der Waals surface area contributed by atoms with Crippen LogP contribution in [-0.2, 0) is 16.8 Å². The Bertz CT molecular complexity index is 567. The van der Waals surface area contributed by atoms with Crippen LogP contribution in [0.1, 0.15) is 32.5 Å². The van der Waals surface area contributed by atoms with Gasteiger partial charge in [-0.25, -0.2) is 4.98 Å². The van der Waals surface area contributed by atoms with Crippen LogP contribution >= 0.6 is 0 Å². The molecule has 0 amide bonds. The van der Waals surface area contributed by atoms with Crippen molar-refractivity contribution < 1.29 is 8.42 Å². The number of aromatic nitrogens is 2. The molecular weight excluding hydrogens is 288 g/mol. The largest absolute Gasteiger partial charge is 0.335 e. The number of imidazole rings is 1. The van der Waals surface area contributed by atoms with E-state index in [0.717, 1.165) is 25.2 Å². The van der Waals surface area contributed by atoms with Gasteiger partial charge in [-0.1, -0.05) is 0 Å². The number of nitrogens with zero attached hydrogens (tertiary/aromatic N) is 4. The molecule has 1 aromatic heterocycles. The Labute approximate surface area is 127 Å². The molecule has 1 aliphatic rings. The molecule has 0 spiro atoms. The zero-order valence-corrected chi connectivity index (χ0v) is 14.2. The Hall–Kier alpha value is -0.920. The van der Waals surface area contributed by atoms with Gasteiger partial charge in [-0.05, 0) is 39.5 Å². The van der Waals surface area contributed by atoms with Gasteiger partial charge in [-0.2, -0.15) is 17.0 Å². The summed E-state index contributed by atoms with van der Waals surface area (Å²) in [6, 6.07) is -0.0220. The van der Waals surface area contributed by atoms with E-state index in [4.69, 9.17) is 0 Å². The van der Waals surface area contributed by atoms with Crippen molar-refractivity contribution in [2.75, 3.05) is 20.1 Å². The Kier molecular flexibility index (Phi) is 5.06. The highest BCUT2D eigenvalue weighted by Crippen LogP contribution is 2.23. The van der Waals surface area contributed by atoms with Gasteiger partial charge in [-0.3, -0.25) is 0 Å². The predicted octanol–water partition coefficient (Wildman–Crippen LogP) is 1.49. The summed E-state index contributed by atoms with van der Waals surface area (Å²) in [5.74, 6) is 1.33. The van der Waals surface area contributed by atoms with Crippen LogP contribution in [0.4, 0.5) is 0 Å². The van der Waals surface area contributed by atoms with E-state index in [9.17, 15) is 8.42 Å². The maximum absolute atomic E-state index is 12.6. The summed E-state index contributed by atoms with van der Waals surface area (Å²) in [4.78, 5) is 4.22. The van der Waals surface area contributed by atoms with E-state index in [1.807, 2.05) is 27.0 Å². The van der Waals surface area contributed by atoms with Crippen molar-refractivity contribution in [3.05, 3.63) is 18.2 Å². The highest BCUT2D eigenvalue weighted by atomic mass is 32.2. The summed E-state index contributed by atoms with van der Waals surface area (Å²) in [5.41, 5.74) is 0. The van der Waals surface area contributed by atoms with E-state index in [0.29, 0.717) is 19.0 Å². The van der Waals surface area contributed by atoms with E-state index in [1.165, 1.54) is 4.31 Å². The average Bonchev–Trinajstić information content (AvgIpc) is 2.83. The van der Waals surface area contributed by atoms with Gasteiger partial charge in [0.1, 0.15) is 5.82 Å². The molecule has 21 heavy (non-hydrogen) atoms. The van der Waals surface area contributed by atoms with Crippen LogP contribution < -0.4 is 0 Å². The van der Waals surface area contributed by atoms with Crippen molar-refractivity contribution in [2.45, 2.75) is 46.2 Å². The molecule has 0 radical (unpaired) electrons. The Morgan fingerprint density at radius 2 is 2.19 bits per heavy atom. The minimum absolute atomic E-state index is 0.0220. The monoisotopic (exact) mass is 314 g/mol. The normalized spacial score (nSPS) is 21.3. The Morgan fingerprint density at radius 1 is 1.48 bits per heavy atom. The standard InChI is InChI=1S/C14H26N4O2S/c1-12(2)16(4)21(19,20)18-8-5-6-14(11-18)10-17-9-7-15-13(17)3/h7,9,12,14H,5-6,8,10-11H2,1-4H3. The number of piperidine rings is 1. The molecule has 1 saturated heterocycles. The smallest absolute Gasteiger partial charge is 0.281 e. The topological polar surface area (TPSA) is 58.4 Å². The first kappa shape index (κ1) is 16.5. The van der Waals surface area contributed by atoms with Crippen molar-refractivity contribution >= 4 is 10.2 Å². The molecule has 120 valence electrons. The quantitative estimate of drug-likeness (QED) is 0.827. The van der Waals surface area contributed by atoms with Crippen LogP contribution in [0.2, 0.25) is 0 Å². The molecule has 1 unspecified atom stereocenters. The molecule has 1 atom stereocenters. The van der Waals surface area contributed by atoms with Crippen molar-refractivity contribution in [2.24, 2.45) is 5.92 Å². The Morgan fingerprint density at radius 3 is 2.76 bits per heavy atom. The minimum Gasteiger partial charge on any atom is -0.335 e. The molecule has 6 nitrogen and oxygen atoms in total. The fourth-order valence-electron chi connectivity index (χ4n) is 2.71. The molecule has 0 bridgehead atoms. The number of aryl methyl sites for hydroxylation is 1. The molecule has 0 aliphatic carbocycles. The molecule has 7 heteroatoms. The van der Waals surface area contributed by atoms with Gasteiger partial charge in [0.2, 0.25) is 0 Å². The zero-order chi connectivity index (χ0) is 15.6. The fraction of sp³-hybridized carbons (Fsp3) is 0.786. The highest BCUT2D eigenvalue weighted by molar-refractivity contribution is 7.86. The van der Waals surface area contributed by atoms with Gasteiger partial charge >= 0.3 is 0 Å². The Balaban J connectivity index is 2.05. The first-order valence-corrected chi connectivity index (χ1v) is 8.93. The van der Waals surface area contributed by atoms with Crippen molar-refractivity contribution in [1.29, 1.82) is 0 Å². The molecular formula is C14H26N4O2S. The second-order valence-corrected chi connectivity index (χ2v) is 8.10. The molecule has 1 fully saturated rings. The van der Waals surface area contributed by atoms with Crippen LogP contribution in [0.25, 0.3) is 0 Å². The van der Waals surface area contributed by atoms with E-state index < -0.39 is 10.2 Å². The zero-order valence-electron chi connectivity index (χ0n) is 13.4. The lowest BCUT2D eigenvalue weighted by molar-refractivity contribution is 0.228. The molecule has 2 heterocycles. The van der Waals surface area contributed by atoms with Gasteiger partial charge < -0.3 is 4.57 Å². The van der Waals surface area contributed by atoms with E-state index in [-0.39, 0.29) is 6.04 Å². The highest BCUT2D eigenvalue weighted by Gasteiger charge is 2.33. The number of hydrogen-bond donors (Lipinski definition) is 0. The van der Waals surface area contributed by atoms with E-state index >= 15 is 0 Å². The van der Waals surface area contributed by atoms with Gasteiger partial charge in [-0.15, -0.1) is 0 Å². The summed E-state index contributed by atoms with van der Waals surface area (Å²) in [6.45, 7) is 7.82. The average molecular weight is 314 g/mol. The SMILES string of the molecule is Cc1nccn1CC1CCCN(S(=O)(=O)N(C)C(C)C)C1. The summed E-state index contributed by atoms with van der Waals surface area (Å²) < 4.78 is 30.3. The third kappa shape index (κ3) is 3.64. The lowest BCUT2D eigenvalue weighted by Gasteiger charge is -2.35. The van der Waals surface area contributed by atoms with Crippen LogP contribution in [0.15, 0.2) is 12.4 Å². The van der Waals surface area contributed by atoms with Gasteiger partial charge in [0, 0.05) is 45.1 Å². The van der Waals surface area contributed by atoms with Gasteiger partial charge in [0.05, 0.1) is 0 Å². The van der Waals surface area contributed by atoms with Crippen molar-refractivity contribution in [1.82, 2.24) is 18.2 Å². The van der Waals surface area contributed by atoms with Crippen LogP contribution in [0.3, 0.4) is 0 Å². The predicted molar refractivity (Wildman–Crippen MR) is 83.1 cm³/mol. The number of rotatable bonds is 5. The fourth-order valence-corrected chi connectivity index (χ4v) is 4.36. The van der Waals surface area contributed by atoms with Crippen molar-refractivity contribution in [3.63, 3.8) is 0 Å². The summed E-state index contributed by atoms with van der Waals surface area (Å²) in [5, 5.41) is 0. The molecule has 1 aromatic rings. The summed E-state index contributed by atoms with van der Waals surface area (Å²) in [6.07, 6.45) is 5.74. The molecule has 1 aliphatic heterocycles. The summed E-state index contributed by atoms with van der Waals surface area (Å²) in [7, 11) is -1.69. The maximum atomic E-state index is 12.6. The lowest BCUT2D eigenvalue weighted by atomic mass is 10.00. The second kappa shape index (κ2) is 6.46. The molecule has 0 saturated carbocycles. The second-order valence-electron chi connectivity index (χ2n) is 6.11. The maximum Gasteiger partial charge on any atom is 0.281 e. The van der Waals surface area contributed by atoms with E-state index in [2.05, 4.69) is 9.55 Å². The summed E-state index contributed by atoms with van der Waals surface area (Å²) >= 11 is 0. The number of hydrogen-bond acceptors (Lipinski definition) is 3. The third-order valence-electron chi connectivity index (χ3n) is 4.28. The van der Waals surface area contributed by atoms with Crippen LogP contribution in [0, 0.1) is 12.8 Å².